The maximum atomic E-state index is 11.8. The number of aryl methyl sites for hydroxylation is 1. The number of anilines is 2. The van der Waals surface area contributed by atoms with Gasteiger partial charge in [0.05, 0.1) is 11.0 Å². The molecule has 0 atom stereocenters. The molecule has 2 aromatic heterocycles. The van der Waals surface area contributed by atoms with E-state index >= 15 is 0 Å². The molecule has 0 aliphatic rings. The van der Waals surface area contributed by atoms with E-state index in [-0.39, 0.29) is 5.91 Å². The summed E-state index contributed by atoms with van der Waals surface area (Å²) in [5.74, 6) is 1.64. The average Bonchev–Trinajstić information content (AvgIpc) is 3.02. The largest absolute Gasteiger partial charge is 0.457 e. The minimum Gasteiger partial charge on any atom is -0.457 e. The number of amides is 1. The third kappa shape index (κ3) is 4.16. The van der Waals surface area contributed by atoms with Crippen LogP contribution in [0.5, 0.6) is 11.5 Å². The number of pyridine rings is 1. The van der Waals surface area contributed by atoms with Crippen LogP contribution in [-0.4, -0.2) is 27.5 Å². The average molecular weight is 499 g/mol. The number of nitrogens with one attached hydrogen (secondary N) is 2. The molecule has 4 aromatic rings. The third-order valence-corrected chi connectivity index (χ3v) is 5.03. The monoisotopic (exact) mass is 499 g/mol. The normalized spacial score (nSPS) is 10.7. The molecule has 0 aliphatic heterocycles. The Labute approximate surface area is 181 Å². The molecule has 7 nitrogen and oxygen atoms in total. The predicted molar refractivity (Wildman–Crippen MR) is 121 cm³/mol. The number of imidazole rings is 1. The SMILES string of the molecule is CNC(=O)c1cc(Oc2ccc3c(c2)nc(Nc2cccc(I)c2)n3C)ccn1. The van der Waals surface area contributed by atoms with Gasteiger partial charge in [0, 0.05) is 41.7 Å². The standard InChI is InChI=1S/C21H18IN5O2/c1-23-20(28)18-12-16(8-9-24-18)29-15-6-7-19-17(11-15)26-21(27(19)2)25-14-5-3-4-13(22)10-14/h3-12H,1-2H3,(H,23,28)(H,25,26). The van der Waals surface area contributed by atoms with Crippen LogP contribution in [0.2, 0.25) is 0 Å². The maximum absolute atomic E-state index is 11.8. The Kier molecular flexibility index (Phi) is 5.34. The lowest BCUT2D eigenvalue weighted by Crippen LogP contribution is -2.18. The summed E-state index contributed by atoms with van der Waals surface area (Å²) in [6.45, 7) is 0. The summed E-state index contributed by atoms with van der Waals surface area (Å²) >= 11 is 2.28. The van der Waals surface area contributed by atoms with Gasteiger partial charge in [0.15, 0.2) is 0 Å². The highest BCUT2D eigenvalue weighted by Gasteiger charge is 2.11. The van der Waals surface area contributed by atoms with Gasteiger partial charge in [-0.2, -0.15) is 0 Å². The van der Waals surface area contributed by atoms with Gasteiger partial charge in [-0.05, 0) is 59.0 Å². The molecule has 2 aromatic carbocycles. The molecule has 4 rings (SSSR count). The number of ether oxygens (including phenoxy) is 1. The van der Waals surface area contributed by atoms with Crippen LogP contribution in [0.15, 0.2) is 60.8 Å². The van der Waals surface area contributed by atoms with Crippen LogP contribution in [0.25, 0.3) is 11.0 Å². The van der Waals surface area contributed by atoms with Crippen molar-refractivity contribution in [3.05, 3.63) is 70.1 Å². The Balaban J connectivity index is 1.61. The Hall–Kier alpha value is -3.14. The predicted octanol–water partition coefficient (Wildman–Crippen LogP) is 4.47. The molecule has 0 saturated carbocycles. The molecule has 0 saturated heterocycles. The Morgan fingerprint density at radius 2 is 1.93 bits per heavy atom. The lowest BCUT2D eigenvalue weighted by molar-refractivity contribution is 0.0958. The van der Waals surface area contributed by atoms with Gasteiger partial charge in [-0.1, -0.05) is 6.07 Å². The fourth-order valence-electron chi connectivity index (χ4n) is 2.91. The zero-order chi connectivity index (χ0) is 20.4. The summed E-state index contributed by atoms with van der Waals surface area (Å²) in [6, 6.07) is 17.1. The summed E-state index contributed by atoms with van der Waals surface area (Å²) in [6.07, 6.45) is 1.54. The van der Waals surface area contributed by atoms with E-state index in [9.17, 15) is 4.79 Å². The van der Waals surface area contributed by atoms with Crippen molar-refractivity contribution in [1.82, 2.24) is 19.9 Å². The van der Waals surface area contributed by atoms with Crippen LogP contribution in [0, 0.1) is 3.57 Å². The number of hydrogen-bond donors (Lipinski definition) is 2. The van der Waals surface area contributed by atoms with E-state index in [0.29, 0.717) is 17.2 Å². The smallest absolute Gasteiger partial charge is 0.269 e. The van der Waals surface area contributed by atoms with Crippen molar-refractivity contribution in [1.29, 1.82) is 0 Å². The minimum atomic E-state index is -0.262. The molecule has 8 heteroatoms. The van der Waals surface area contributed by atoms with E-state index in [2.05, 4.69) is 44.3 Å². The fourth-order valence-corrected chi connectivity index (χ4v) is 3.46. The van der Waals surface area contributed by atoms with Crippen LogP contribution in [0.4, 0.5) is 11.6 Å². The van der Waals surface area contributed by atoms with Crippen molar-refractivity contribution in [2.45, 2.75) is 0 Å². The van der Waals surface area contributed by atoms with Crippen LogP contribution < -0.4 is 15.4 Å². The van der Waals surface area contributed by atoms with E-state index in [1.165, 1.54) is 0 Å². The van der Waals surface area contributed by atoms with Crippen molar-refractivity contribution < 1.29 is 9.53 Å². The first-order chi connectivity index (χ1) is 14.0. The Morgan fingerprint density at radius 3 is 2.72 bits per heavy atom. The van der Waals surface area contributed by atoms with Gasteiger partial charge in [-0.15, -0.1) is 0 Å². The molecule has 0 aliphatic carbocycles. The number of nitrogens with zero attached hydrogens (tertiary/aromatic N) is 3. The second-order valence-electron chi connectivity index (χ2n) is 6.34. The summed E-state index contributed by atoms with van der Waals surface area (Å²) in [4.78, 5) is 20.5. The number of carbonyl (C=O) groups excluding carboxylic acids is 1. The second kappa shape index (κ2) is 8.08. The van der Waals surface area contributed by atoms with Crippen LogP contribution in [0.1, 0.15) is 10.5 Å². The molecule has 29 heavy (non-hydrogen) atoms. The van der Waals surface area contributed by atoms with Gasteiger partial charge in [0.25, 0.3) is 5.91 Å². The van der Waals surface area contributed by atoms with Crippen LogP contribution >= 0.6 is 22.6 Å². The van der Waals surface area contributed by atoms with E-state index < -0.39 is 0 Å². The highest BCUT2D eigenvalue weighted by atomic mass is 127. The van der Waals surface area contributed by atoms with Gasteiger partial charge in [-0.3, -0.25) is 9.78 Å². The number of carbonyl (C=O) groups is 1. The van der Waals surface area contributed by atoms with Crippen molar-refractivity contribution in [3.63, 3.8) is 0 Å². The number of rotatable bonds is 5. The first-order valence-corrected chi connectivity index (χ1v) is 9.96. The zero-order valence-corrected chi connectivity index (χ0v) is 18.0. The number of hydrogen-bond acceptors (Lipinski definition) is 5. The molecule has 0 radical (unpaired) electrons. The van der Waals surface area contributed by atoms with Crippen molar-refractivity contribution in [2.75, 3.05) is 12.4 Å². The topological polar surface area (TPSA) is 81.1 Å². The molecule has 0 spiro atoms. The third-order valence-electron chi connectivity index (χ3n) is 4.36. The van der Waals surface area contributed by atoms with Gasteiger partial charge in [0.1, 0.15) is 17.2 Å². The van der Waals surface area contributed by atoms with E-state index in [4.69, 9.17) is 9.72 Å². The van der Waals surface area contributed by atoms with Gasteiger partial charge < -0.3 is 19.9 Å². The summed E-state index contributed by atoms with van der Waals surface area (Å²) in [5.41, 5.74) is 3.06. The minimum absolute atomic E-state index is 0.262. The van der Waals surface area contributed by atoms with E-state index in [1.54, 1.807) is 25.4 Å². The van der Waals surface area contributed by atoms with E-state index in [0.717, 1.165) is 26.2 Å². The number of aromatic nitrogens is 3. The quantitative estimate of drug-likeness (QED) is 0.397. The van der Waals surface area contributed by atoms with Gasteiger partial charge in [-0.25, -0.2) is 4.98 Å². The maximum Gasteiger partial charge on any atom is 0.269 e. The van der Waals surface area contributed by atoms with Crippen molar-refractivity contribution >= 4 is 51.2 Å². The summed E-state index contributed by atoms with van der Waals surface area (Å²) in [5, 5.41) is 5.90. The van der Waals surface area contributed by atoms with Gasteiger partial charge >= 0.3 is 0 Å². The first-order valence-electron chi connectivity index (χ1n) is 8.88. The van der Waals surface area contributed by atoms with Crippen molar-refractivity contribution in [3.8, 4) is 11.5 Å². The Morgan fingerprint density at radius 1 is 1.10 bits per heavy atom. The summed E-state index contributed by atoms with van der Waals surface area (Å²) in [7, 11) is 3.53. The first kappa shape index (κ1) is 19.2. The zero-order valence-electron chi connectivity index (χ0n) is 15.8. The lowest BCUT2D eigenvalue weighted by Gasteiger charge is -2.07. The lowest BCUT2D eigenvalue weighted by atomic mass is 10.3. The molecule has 2 N–H and O–H groups in total. The van der Waals surface area contributed by atoms with E-state index in [1.807, 2.05) is 48.0 Å². The molecular formula is C21H18IN5O2. The fraction of sp³-hybridized carbons (Fsp3) is 0.0952. The Bertz CT molecular complexity index is 1200. The molecule has 146 valence electrons. The highest BCUT2D eigenvalue weighted by Crippen LogP contribution is 2.28. The molecule has 0 bridgehead atoms. The van der Waals surface area contributed by atoms with Crippen LogP contribution in [0.3, 0.4) is 0 Å². The summed E-state index contributed by atoms with van der Waals surface area (Å²) < 4.78 is 9.06. The van der Waals surface area contributed by atoms with Crippen molar-refractivity contribution in [2.24, 2.45) is 7.05 Å². The molecular weight excluding hydrogens is 481 g/mol. The molecule has 2 heterocycles. The number of halogens is 1. The second-order valence-corrected chi connectivity index (χ2v) is 7.58. The number of benzene rings is 2. The van der Waals surface area contributed by atoms with Gasteiger partial charge in [0.2, 0.25) is 5.95 Å². The number of fused-ring (bicyclic) bond motifs is 1. The molecule has 0 fully saturated rings. The van der Waals surface area contributed by atoms with Crippen LogP contribution in [-0.2, 0) is 7.05 Å². The molecule has 1 amide bonds. The molecule has 0 unspecified atom stereocenters. The highest BCUT2D eigenvalue weighted by molar-refractivity contribution is 14.1.